The van der Waals surface area contributed by atoms with Crippen molar-refractivity contribution in [3.63, 3.8) is 0 Å². The van der Waals surface area contributed by atoms with Gasteiger partial charge in [0.05, 0.1) is 16.2 Å². The molecule has 0 atom stereocenters. The first-order chi connectivity index (χ1) is 14.4. The van der Waals surface area contributed by atoms with Crippen molar-refractivity contribution in [3.8, 4) is 0 Å². The molecule has 154 valence electrons. The van der Waals surface area contributed by atoms with Crippen molar-refractivity contribution in [1.29, 1.82) is 0 Å². The van der Waals surface area contributed by atoms with Crippen molar-refractivity contribution in [3.05, 3.63) is 75.7 Å². The van der Waals surface area contributed by atoms with Crippen molar-refractivity contribution in [2.45, 2.75) is 19.8 Å². The minimum atomic E-state index is -0.671. The average molecular weight is 409 g/mol. The van der Waals surface area contributed by atoms with E-state index >= 15 is 0 Å². The summed E-state index contributed by atoms with van der Waals surface area (Å²) in [6.45, 7) is 3.35. The highest BCUT2D eigenvalue weighted by Gasteiger charge is 2.43. The number of nitro benzene ring substituents is 1. The van der Waals surface area contributed by atoms with Crippen LogP contribution in [0.3, 0.4) is 0 Å². The Morgan fingerprint density at radius 1 is 1.00 bits per heavy atom. The monoisotopic (exact) mass is 409 g/mol. The summed E-state index contributed by atoms with van der Waals surface area (Å²) in [5.74, 6) is -1.36. The smallest absolute Gasteiger partial charge is 0.282 e. The zero-order chi connectivity index (χ0) is 21.4. The standard InChI is InChI=1S/C22H20FN3O4/c1-14-10-12-24(13-11-14)20-19(15-6-8-16(9-7-15)26(29)30)21(27)25(22(20)28)18-5-3-2-4-17(18)23/h2-9,14H,10-13H2,1H3. The van der Waals surface area contributed by atoms with Crippen LogP contribution in [0.1, 0.15) is 25.3 Å². The van der Waals surface area contributed by atoms with E-state index < -0.39 is 22.6 Å². The molecule has 30 heavy (non-hydrogen) atoms. The molecule has 2 aromatic carbocycles. The van der Waals surface area contributed by atoms with Crippen LogP contribution >= 0.6 is 0 Å². The average Bonchev–Trinajstić information content (AvgIpc) is 2.99. The molecule has 2 aliphatic heterocycles. The number of amides is 2. The third kappa shape index (κ3) is 3.34. The first-order valence-electron chi connectivity index (χ1n) is 9.76. The second-order valence-corrected chi connectivity index (χ2v) is 7.59. The molecule has 8 heteroatoms. The van der Waals surface area contributed by atoms with E-state index in [-0.39, 0.29) is 22.6 Å². The van der Waals surface area contributed by atoms with Gasteiger partial charge in [-0.05, 0) is 48.6 Å². The second kappa shape index (κ2) is 7.70. The maximum atomic E-state index is 14.4. The summed E-state index contributed by atoms with van der Waals surface area (Å²) in [4.78, 5) is 39.8. The number of rotatable bonds is 4. The zero-order valence-corrected chi connectivity index (χ0v) is 16.4. The largest absolute Gasteiger partial charge is 0.366 e. The zero-order valence-electron chi connectivity index (χ0n) is 16.4. The third-order valence-corrected chi connectivity index (χ3v) is 5.62. The van der Waals surface area contributed by atoms with Crippen molar-refractivity contribution in [2.24, 2.45) is 5.92 Å². The third-order valence-electron chi connectivity index (χ3n) is 5.62. The van der Waals surface area contributed by atoms with E-state index in [1.165, 1.54) is 42.5 Å². The van der Waals surface area contributed by atoms with Gasteiger partial charge in [0, 0.05) is 25.2 Å². The van der Waals surface area contributed by atoms with Crippen LogP contribution in [0.4, 0.5) is 15.8 Å². The number of para-hydroxylation sites is 1. The highest BCUT2D eigenvalue weighted by molar-refractivity contribution is 6.45. The first kappa shape index (κ1) is 19.8. The van der Waals surface area contributed by atoms with E-state index in [0.717, 1.165) is 17.7 Å². The van der Waals surface area contributed by atoms with E-state index in [4.69, 9.17) is 0 Å². The summed E-state index contributed by atoms with van der Waals surface area (Å²) in [6.07, 6.45) is 1.75. The molecule has 0 radical (unpaired) electrons. The number of imide groups is 1. The molecular weight excluding hydrogens is 389 g/mol. The summed E-state index contributed by atoms with van der Waals surface area (Å²) >= 11 is 0. The lowest BCUT2D eigenvalue weighted by Crippen LogP contribution is -2.38. The molecule has 2 heterocycles. The van der Waals surface area contributed by atoms with Crippen LogP contribution in [0.15, 0.2) is 54.2 Å². The van der Waals surface area contributed by atoms with Gasteiger partial charge >= 0.3 is 0 Å². The molecule has 4 rings (SSSR count). The van der Waals surface area contributed by atoms with Crippen LogP contribution in [0.2, 0.25) is 0 Å². The van der Waals surface area contributed by atoms with Crippen molar-refractivity contribution in [1.82, 2.24) is 4.90 Å². The number of hydrogen-bond donors (Lipinski definition) is 0. The minimum Gasteiger partial charge on any atom is -0.366 e. The predicted molar refractivity (Wildman–Crippen MR) is 109 cm³/mol. The maximum absolute atomic E-state index is 14.4. The van der Waals surface area contributed by atoms with E-state index in [9.17, 15) is 24.1 Å². The van der Waals surface area contributed by atoms with Crippen LogP contribution in [0, 0.1) is 21.8 Å². The summed E-state index contributed by atoms with van der Waals surface area (Å²) < 4.78 is 14.4. The summed E-state index contributed by atoms with van der Waals surface area (Å²) in [6, 6.07) is 11.1. The fourth-order valence-electron chi connectivity index (χ4n) is 3.91. The molecule has 1 fully saturated rings. The van der Waals surface area contributed by atoms with Gasteiger partial charge in [0.2, 0.25) is 0 Å². The molecular formula is C22H20FN3O4. The van der Waals surface area contributed by atoms with Gasteiger partial charge in [-0.1, -0.05) is 19.1 Å². The van der Waals surface area contributed by atoms with Gasteiger partial charge in [-0.2, -0.15) is 0 Å². The van der Waals surface area contributed by atoms with E-state index in [1.807, 2.05) is 4.90 Å². The molecule has 0 unspecified atom stereocenters. The van der Waals surface area contributed by atoms with E-state index in [1.54, 1.807) is 6.07 Å². The van der Waals surface area contributed by atoms with Crippen LogP contribution in [0.25, 0.3) is 5.57 Å². The van der Waals surface area contributed by atoms with Gasteiger partial charge in [-0.15, -0.1) is 0 Å². The Bertz CT molecular complexity index is 1060. The number of carbonyl (C=O) groups excluding carboxylic acids is 2. The lowest BCUT2D eigenvalue weighted by molar-refractivity contribution is -0.384. The van der Waals surface area contributed by atoms with Gasteiger partial charge < -0.3 is 4.90 Å². The number of nitro groups is 1. The first-order valence-corrected chi connectivity index (χ1v) is 9.76. The molecule has 0 N–H and O–H groups in total. The number of nitrogens with zero attached hydrogens (tertiary/aromatic N) is 3. The number of piperidine rings is 1. The van der Waals surface area contributed by atoms with Gasteiger partial charge in [0.15, 0.2) is 0 Å². The van der Waals surface area contributed by atoms with E-state index in [0.29, 0.717) is 24.6 Å². The summed E-state index contributed by atoms with van der Waals surface area (Å²) in [5.41, 5.74) is 0.547. The Labute approximate surface area is 172 Å². The molecule has 0 aromatic heterocycles. The maximum Gasteiger partial charge on any atom is 0.282 e. The Balaban J connectivity index is 1.82. The molecule has 0 aliphatic carbocycles. The van der Waals surface area contributed by atoms with Crippen molar-refractivity contribution < 1.29 is 18.9 Å². The van der Waals surface area contributed by atoms with Crippen molar-refractivity contribution >= 4 is 28.8 Å². The van der Waals surface area contributed by atoms with Gasteiger partial charge in [-0.25, -0.2) is 9.29 Å². The number of likely N-dealkylation sites (tertiary alicyclic amines) is 1. The van der Waals surface area contributed by atoms with Gasteiger partial charge in [0.25, 0.3) is 17.5 Å². The summed E-state index contributed by atoms with van der Waals surface area (Å²) in [5, 5.41) is 11.0. The molecule has 0 spiro atoms. The number of hydrogen-bond acceptors (Lipinski definition) is 5. The quantitative estimate of drug-likeness (QED) is 0.436. The topological polar surface area (TPSA) is 83.8 Å². The summed E-state index contributed by atoms with van der Waals surface area (Å²) in [7, 11) is 0. The van der Waals surface area contributed by atoms with Crippen LogP contribution < -0.4 is 4.90 Å². The lowest BCUT2D eigenvalue weighted by atomic mass is 9.97. The van der Waals surface area contributed by atoms with Crippen LogP contribution in [-0.4, -0.2) is 34.7 Å². The van der Waals surface area contributed by atoms with Gasteiger partial charge in [0.1, 0.15) is 11.5 Å². The highest BCUT2D eigenvalue weighted by atomic mass is 19.1. The fourth-order valence-corrected chi connectivity index (χ4v) is 3.91. The number of non-ortho nitro benzene ring substituents is 1. The Morgan fingerprint density at radius 3 is 2.23 bits per heavy atom. The van der Waals surface area contributed by atoms with Crippen molar-refractivity contribution in [2.75, 3.05) is 18.0 Å². The molecule has 0 bridgehead atoms. The van der Waals surface area contributed by atoms with Crippen LogP contribution in [0.5, 0.6) is 0 Å². The molecule has 2 aromatic rings. The van der Waals surface area contributed by atoms with Crippen LogP contribution in [-0.2, 0) is 9.59 Å². The molecule has 2 aliphatic rings. The molecule has 0 saturated carbocycles. The molecule has 7 nitrogen and oxygen atoms in total. The number of benzene rings is 2. The highest BCUT2D eigenvalue weighted by Crippen LogP contribution is 2.37. The normalized spacial score (nSPS) is 17.8. The lowest BCUT2D eigenvalue weighted by Gasteiger charge is -2.32. The minimum absolute atomic E-state index is 0.104. The number of anilines is 1. The van der Waals surface area contributed by atoms with Gasteiger partial charge in [-0.3, -0.25) is 19.7 Å². The molecule has 2 amide bonds. The second-order valence-electron chi connectivity index (χ2n) is 7.59. The fraction of sp³-hybridized carbons (Fsp3) is 0.273. The SMILES string of the molecule is CC1CCN(C2=C(c3ccc([N+](=O)[O-])cc3)C(=O)N(c3ccccc3F)C2=O)CC1. The number of carbonyl (C=O) groups is 2. The van der Waals surface area contributed by atoms with E-state index in [2.05, 4.69) is 6.92 Å². The number of halogens is 1. The Kier molecular flexibility index (Phi) is 5.07. The Hall–Kier alpha value is -3.55. The molecule has 1 saturated heterocycles. The Morgan fingerprint density at radius 2 is 1.63 bits per heavy atom. The predicted octanol–water partition coefficient (Wildman–Crippen LogP) is 3.75.